The van der Waals surface area contributed by atoms with E-state index in [-0.39, 0.29) is 11.7 Å². The number of unbranched alkanes of at least 4 members (excludes halogenated alkanes) is 1. The number of anilines is 1. The van der Waals surface area contributed by atoms with Gasteiger partial charge in [0.05, 0.1) is 0 Å². The van der Waals surface area contributed by atoms with Crippen molar-refractivity contribution >= 4 is 11.6 Å². The summed E-state index contributed by atoms with van der Waals surface area (Å²) in [4.78, 5) is 11.5. The monoisotopic (exact) mass is 224 g/mol. The van der Waals surface area contributed by atoms with Gasteiger partial charge in [-0.1, -0.05) is 0 Å². The van der Waals surface area contributed by atoms with Crippen LogP contribution in [0, 0.1) is 12.7 Å². The van der Waals surface area contributed by atoms with Crippen LogP contribution >= 0.6 is 0 Å². The maximum absolute atomic E-state index is 12.8. The molecule has 0 saturated heterocycles. The molecule has 1 aromatic carbocycles. The highest BCUT2D eigenvalue weighted by molar-refractivity contribution is 5.91. The van der Waals surface area contributed by atoms with E-state index in [2.05, 4.69) is 5.32 Å². The molecular formula is C12H17FN2O. The van der Waals surface area contributed by atoms with Crippen LogP contribution in [0.2, 0.25) is 0 Å². The number of nitrogens with one attached hydrogen (secondary N) is 1. The number of hydrogen-bond donors (Lipinski definition) is 2. The molecule has 1 rings (SSSR count). The Hall–Kier alpha value is -1.42. The maximum atomic E-state index is 12.8. The molecule has 1 aromatic rings. The quantitative estimate of drug-likeness (QED) is 0.753. The molecular weight excluding hydrogens is 207 g/mol. The Bertz CT molecular complexity index is 366. The highest BCUT2D eigenvalue weighted by Crippen LogP contribution is 2.16. The van der Waals surface area contributed by atoms with Crippen molar-refractivity contribution in [1.29, 1.82) is 0 Å². The van der Waals surface area contributed by atoms with Gasteiger partial charge >= 0.3 is 0 Å². The van der Waals surface area contributed by atoms with E-state index in [4.69, 9.17) is 5.73 Å². The van der Waals surface area contributed by atoms with E-state index in [0.29, 0.717) is 18.7 Å². The van der Waals surface area contributed by atoms with Gasteiger partial charge in [0.15, 0.2) is 0 Å². The Morgan fingerprint density at radius 1 is 1.44 bits per heavy atom. The zero-order valence-electron chi connectivity index (χ0n) is 9.42. The average molecular weight is 224 g/mol. The number of carbonyl (C=O) groups is 1. The van der Waals surface area contributed by atoms with Crippen LogP contribution in [0.15, 0.2) is 18.2 Å². The molecule has 16 heavy (non-hydrogen) atoms. The van der Waals surface area contributed by atoms with Gasteiger partial charge < -0.3 is 11.1 Å². The minimum Gasteiger partial charge on any atom is -0.330 e. The van der Waals surface area contributed by atoms with Gasteiger partial charge in [0.25, 0.3) is 0 Å². The number of amides is 1. The van der Waals surface area contributed by atoms with Crippen LogP contribution in [0.5, 0.6) is 0 Å². The van der Waals surface area contributed by atoms with E-state index in [1.165, 1.54) is 12.1 Å². The molecule has 0 aliphatic carbocycles. The molecule has 0 aliphatic rings. The highest BCUT2D eigenvalue weighted by atomic mass is 19.1. The number of nitrogens with two attached hydrogens (primary N) is 1. The summed E-state index contributed by atoms with van der Waals surface area (Å²) in [7, 11) is 0. The van der Waals surface area contributed by atoms with Crippen molar-refractivity contribution in [3.05, 3.63) is 29.6 Å². The Balaban J connectivity index is 2.49. The number of aryl methyl sites for hydroxylation is 1. The first-order valence-corrected chi connectivity index (χ1v) is 5.39. The first-order chi connectivity index (χ1) is 7.63. The molecule has 4 heteroatoms. The number of carbonyl (C=O) groups excluding carboxylic acids is 1. The van der Waals surface area contributed by atoms with Crippen LogP contribution in [0.4, 0.5) is 10.1 Å². The van der Waals surface area contributed by atoms with Gasteiger partial charge in [0, 0.05) is 12.1 Å². The predicted octanol–water partition coefficient (Wildman–Crippen LogP) is 2.20. The molecule has 0 radical (unpaired) electrons. The van der Waals surface area contributed by atoms with Crippen LogP contribution in [-0.2, 0) is 4.79 Å². The largest absolute Gasteiger partial charge is 0.330 e. The van der Waals surface area contributed by atoms with Crippen molar-refractivity contribution in [3.8, 4) is 0 Å². The predicted molar refractivity (Wildman–Crippen MR) is 62.7 cm³/mol. The smallest absolute Gasteiger partial charge is 0.224 e. The van der Waals surface area contributed by atoms with Crippen molar-refractivity contribution in [2.75, 3.05) is 11.9 Å². The van der Waals surface area contributed by atoms with Gasteiger partial charge in [-0.15, -0.1) is 0 Å². The summed E-state index contributed by atoms with van der Waals surface area (Å²) >= 11 is 0. The van der Waals surface area contributed by atoms with Gasteiger partial charge in [0.2, 0.25) is 5.91 Å². The second-order valence-corrected chi connectivity index (χ2v) is 3.75. The summed E-state index contributed by atoms with van der Waals surface area (Å²) in [5.74, 6) is -0.346. The molecule has 0 bridgehead atoms. The molecule has 0 fully saturated rings. The summed E-state index contributed by atoms with van der Waals surface area (Å²) in [6, 6.07) is 4.31. The zero-order valence-corrected chi connectivity index (χ0v) is 9.42. The molecule has 0 saturated carbocycles. The van der Waals surface area contributed by atoms with E-state index < -0.39 is 0 Å². The number of rotatable bonds is 5. The lowest BCUT2D eigenvalue weighted by Gasteiger charge is -2.08. The fraction of sp³-hybridized carbons (Fsp3) is 0.417. The summed E-state index contributed by atoms with van der Waals surface area (Å²) in [6.07, 6.45) is 2.08. The molecule has 0 aromatic heterocycles. The number of halogens is 1. The Kier molecular flexibility index (Phi) is 4.92. The fourth-order valence-electron chi connectivity index (χ4n) is 1.41. The Labute approximate surface area is 94.8 Å². The third kappa shape index (κ3) is 3.98. The van der Waals surface area contributed by atoms with Crippen molar-refractivity contribution in [1.82, 2.24) is 0 Å². The van der Waals surface area contributed by atoms with Crippen molar-refractivity contribution in [2.24, 2.45) is 5.73 Å². The number of hydrogen-bond acceptors (Lipinski definition) is 2. The summed E-state index contributed by atoms with van der Waals surface area (Å²) in [5.41, 5.74) is 6.73. The van der Waals surface area contributed by atoms with Gasteiger partial charge in [-0.3, -0.25) is 4.79 Å². The SMILES string of the molecule is Cc1cc(F)ccc1NC(=O)CCCCN. The van der Waals surface area contributed by atoms with E-state index in [0.717, 1.165) is 18.4 Å². The Morgan fingerprint density at radius 2 is 2.19 bits per heavy atom. The molecule has 0 atom stereocenters. The van der Waals surface area contributed by atoms with Crippen LogP contribution in [0.25, 0.3) is 0 Å². The third-order valence-electron chi connectivity index (χ3n) is 2.32. The molecule has 3 N–H and O–H groups in total. The minimum absolute atomic E-state index is 0.0526. The standard InChI is InChI=1S/C12H17FN2O/c1-9-8-10(13)5-6-11(9)15-12(16)4-2-3-7-14/h5-6,8H,2-4,7,14H2,1H3,(H,15,16). The summed E-state index contributed by atoms with van der Waals surface area (Å²) < 4.78 is 12.8. The second-order valence-electron chi connectivity index (χ2n) is 3.75. The van der Waals surface area contributed by atoms with Crippen molar-refractivity contribution < 1.29 is 9.18 Å². The lowest BCUT2D eigenvalue weighted by molar-refractivity contribution is -0.116. The first-order valence-electron chi connectivity index (χ1n) is 5.39. The van der Waals surface area contributed by atoms with Crippen LogP contribution < -0.4 is 11.1 Å². The van der Waals surface area contributed by atoms with Gasteiger partial charge in [-0.2, -0.15) is 0 Å². The summed E-state index contributed by atoms with van der Waals surface area (Å²) in [5, 5.41) is 2.75. The number of benzene rings is 1. The zero-order chi connectivity index (χ0) is 12.0. The topological polar surface area (TPSA) is 55.1 Å². The van der Waals surface area contributed by atoms with Gasteiger partial charge in [-0.25, -0.2) is 4.39 Å². The van der Waals surface area contributed by atoms with E-state index in [9.17, 15) is 9.18 Å². The van der Waals surface area contributed by atoms with Gasteiger partial charge in [0.1, 0.15) is 5.82 Å². The highest BCUT2D eigenvalue weighted by Gasteiger charge is 2.04. The van der Waals surface area contributed by atoms with Crippen LogP contribution in [-0.4, -0.2) is 12.5 Å². The minimum atomic E-state index is -0.293. The van der Waals surface area contributed by atoms with E-state index in [1.54, 1.807) is 13.0 Å². The first kappa shape index (κ1) is 12.6. The molecule has 1 amide bonds. The average Bonchev–Trinajstić information content (AvgIpc) is 2.23. The maximum Gasteiger partial charge on any atom is 0.224 e. The lowest BCUT2D eigenvalue weighted by atomic mass is 10.2. The van der Waals surface area contributed by atoms with Crippen LogP contribution in [0.3, 0.4) is 0 Å². The van der Waals surface area contributed by atoms with Crippen LogP contribution in [0.1, 0.15) is 24.8 Å². The van der Waals surface area contributed by atoms with Gasteiger partial charge in [-0.05, 0) is 50.1 Å². The fourth-order valence-corrected chi connectivity index (χ4v) is 1.41. The van der Waals surface area contributed by atoms with E-state index >= 15 is 0 Å². The molecule has 0 heterocycles. The molecule has 0 aliphatic heterocycles. The van der Waals surface area contributed by atoms with E-state index in [1.807, 2.05) is 0 Å². The van der Waals surface area contributed by atoms with Crippen molar-refractivity contribution in [3.63, 3.8) is 0 Å². The second kappa shape index (κ2) is 6.23. The molecule has 0 unspecified atom stereocenters. The molecule has 0 spiro atoms. The van der Waals surface area contributed by atoms with Crippen molar-refractivity contribution in [2.45, 2.75) is 26.2 Å². The lowest BCUT2D eigenvalue weighted by Crippen LogP contribution is -2.12. The third-order valence-corrected chi connectivity index (χ3v) is 2.32. The molecule has 3 nitrogen and oxygen atoms in total. The normalized spacial score (nSPS) is 10.2. The Morgan fingerprint density at radius 3 is 2.81 bits per heavy atom. The summed E-state index contributed by atoms with van der Waals surface area (Å²) in [6.45, 7) is 2.36. The molecule has 88 valence electrons.